The highest BCUT2D eigenvalue weighted by molar-refractivity contribution is 6.80. The van der Waals surface area contributed by atoms with E-state index in [-0.39, 0.29) is 6.04 Å². The highest BCUT2D eigenvalue weighted by atomic mass is 35.6. The molecule has 5 heteroatoms. The van der Waals surface area contributed by atoms with Gasteiger partial charge in [-0.05, 0) is 6.04 Å². The molecule has 0 amide bonds. The molecule has 0 unspecified atom stereocenters. The largest absolute Gasteiger partial charge is 0.411 e. The Morgan fingerprint density at radius 3 is 2.00 bits per heavy atom. The maximum Gasteiger partial charge on any atom is 0.411 e. The Morgan fingerprint density at radius 1 is 1.44 bits per heavy atom. The van der Waals surface area contributed by atoms with Crippen molar-refractivity contribution in [3.63, 3.8) is 0 Å². The zero-order valence-corrected chi connectivity index (χ0v) is 9.74. The van der Waals surface area contributed by atoms with Crippen LogP contribution in [0.15, 0.2) is 0 Å². The van der Waals surface area contributed by atoms with Crippen molar-refractivity contribution in [2.45, 2.75) is 25.8 Å². The highest BCUT2D eigenvalue weighted by Gasteiger charge is 2.03. The summed E-state index contributed by atoms with van der Waals surface area (Å²) in [6.07, 6.45) is 1.61. The van der Waals surface area contributed by atoms with E-state index < -0.39 is 9.46 Å². The van der Waals surface area contributed by atoms with Gasteiger partial charge in [-0.3, -0.25) is 8.22 Å². The van der Waals surface area contributed by atoms with Crippen LogP contribution in [0.4, 0.5) is 8.22 Å². The second-order valence-electron chi connectivity index (χ2n) is 1.53. The van der Waals surface area contributed by atoms with E-state index in [2.05, 4.69) is 0 Å². The standard InChI is InChI=1S/C4H10F2Si.ClH3Si/c1-2-3-4-7(5)6;1-2/h7H,2-4H2,1H3;2H3. The predicted molar refractivity (Wildman–Crippen MR) is 44.9 cm³/mol. The van der Waals surface area contributed by atoms with Crippen molar-refractivity contribution < 1.29 is 8.22 Å². The Morgan fingerprint density at radius 2 is 1.89 bits per heavy atom. The molecule has 0 saturated heterocycles. The third-order valence-corrected chi connectivity index (χ3v) is 1.62. The zero-order valence-electron chi connectivity index (χ0n) is 5.83. The van der Waals surface area contributed by atoms with Crippen LogP contribution < -0.4 is 0 Å². The maximum atomic E-state index is 11.4. The van der Waals surface area contributed by atoms with E-state index in [4.69, 9.17) is 11.1 Å². The fraction of sp³-hybridized carbons (Fsp3) is 1.00. The summed E-state index contributed by atoms with van der Waals surface area (Å²) in [5.74, 6) is 0. The van der Waals surface area contributed by atoms with Gasteiger partial charge in [0.1, 0.15) is 9.55 Å². The molecule has 0 aromatic carbocycles. The summed E-state index contributed by atoms with van der Waals surface area (Å²) >= 11 is 4.78. The van der Waals surface area contributed by atoms with Crippen molar-refractivity contribution in [1.82, 2.24) is 0 Å². The lowest BCUT2D eigenvalue weighted by Crippen LogP contribution is -1.92. The molecular weight excluding hydrogens is 178 g/mol. The van der Waals surface area contributed by atoms with E-state index in [9.17, 15) is 8.22 Å². The summed E-state index contributed by atoms with van der Waals surface area (Å²) in [6.45, 7) is 1.93. The molecule has 0 nitrogen and oxygen atoms in total. The van der Waals surface area contributed by atoms with E-state index >= 15 is 0 Å². The first-order valence-electron chi connectivity index (χ1n) is 2.93. The van der Waals surface area contributed by atoms with Crippen LogP contribution in [0.25, 0.3) is 0 Å². The fourth-order valence-corrected chi connectivity index (χ4v) is 1.08. The molecular formula is C4H13ClF2Si2. The van der Waals surface area contributed by atoms with Crippen molar-refractivity contribution in [2.24, 2.45) is 0 Å². The van der Waals surface area contributed by atoms with Crippen molar-refractivity contribution in [3.05, 3.63) is 0 Å². The molecule has 0 aliphatic carbocycles. The van der Waals surface area contributed by atoms with Crippen LogP contribution in [0, 0.1) is 0 Å². The quantitative estimate of drug-likeness (QED) is 0.467. The van der Waals surface area contributed by atoms with Crippen LogP contribution in [0.1, 0.15) is 19.8 Å². The molecule has 0 heterocycles. The van der Waals surface area contributed by atoms with Crippen LogP contribution >= 0.6 is 11.1 Å². The minimum Gasteiger partial charge on any atom is -0.275 e. The average Bonchev–Trinajstić information content (AvgIpc) is 1.88. The molecule has 0 bridgehead atoms. The summed E-state index contributed by atoms with van der Waals surface area (Å²) in [4.78, 5) is 0. The Hall–Kier alpha value is 0.584. The summed E-state index contributed by atoms with van der Waals surface area (Å²) in [5, 5.41) is 0. The second-order valence-corrected chi connectivity index (χ2v) is 2.89. The molecule has 0 aliphatic rings. The lowest BCUT2D eigenvalue weighted by atomic mass is 10.4. The molecule has 0 aliphatic heterocycles. The Balaban J connectivity index is 0. The minimum absolute atomic E-state index is 0.205. The van der Waals surface area contributed by atoms with Gasteiger partial charge < -0.3 is 0 Å². The summed E-state index contributed by atoms with van der Waals surface area (Å²) < 4.78 is 22.7. The molecule has 0 saturated carbocycles. The summed E-state index contributed by atoms with van der Waals surface area (Å²) in [6, 6.07) is 0.205. The van der Waals surface area contributed by atoms with Crippen molar-refractivity contribution in [1.29, 1.82) is 0 Å². The Bertz CT molecular complexity index is 45.5. The van der Waals surface area contributed by atoms with Gasteiger partial charge in [0.25, 0.3) is 0 Å². The van der Waals surface area contributed by atoms with Gasteiger partial charge in [-0.2, -0.15) is 11.1 Å². The van der Waals surface area contributed by atoms with Crippen LogP contribution in [0.3, 0.4) is 0 Å². The van der Waals surface area contributed by atoms with Gasteiger partial charge in [0.2, 0.25) is 0 Å². The Kier molecular flexibility index (Phi) is 15.5. The van der Waals surface area contributed by atoms with Gasteiger partial charge in [-0.15, -0.1) is 0 Å². The molecule has 0 radical (unpaired) electrons. The number of halogens is 3. The highest BCUT2D eigenvalue weighted by Crippen LogP contribution is 2.01. The third kappa shape index (κ3) is 17.7. The van der Waals surface area contributed by atoms with E-state index in [1.807, 2.05) is 6.92 Å². The maximum absolute atomic E-state index is 11.4. The van der Waals surface area contributed by atoms with E-state index in [1.165, 1.54) is 0 Å². The molecule has 0 aromatic rings. The average molecular weight is 191 g/mol. The minimum atomic E-state index is -3.19. The first kappa shape index (κ1) is 12.3. The van der Waals surface area contributed by atoms with Gasteiger partial charge in [0.05, 0.1) is 0 Å². The second kappa shape index (κ2) is 11.4. The molecule has 58 valence electrons. The van der Waals surface area contributed by atoms with Gasteiger partial charge in [-0.1, -0.05) is 19.8 Å². The van der Waals surface area contributed by atoms with Crippen LogP contribution in [-0.2, 0) is 0 Å². The normalized spacial score (nSPS) is 9.00. The molecule has 0 rings (SSSR count). The number of hydrogen-bond donors (Lipinski definition) is 0. The van der Waals surface area contributed by atoms with Crippen molar-refractivity contribution >= 4 is 30.1 Å². The van der Waals surface area contributed by atoms with Gasteiger partial charge in [-0.25, -0.2) is 0 Å². The SMILES string of the molecule is CCCC[SiH](F)F.[SiH3]Cl. The van der Waals surface area contributed by atoms with E-state index in [1.54, 1.807) is 0 Å². The first-order valence-corrected chi connectivity index (χ1v) is 7.64. The molecule has 0 N–H and O–H groups in total. The molecule has 0 fully saturated rings. The number of rotatable bonds is 3. The molecule has 0 spiro atoms. The molecule has 0 aromatic heterocycles. The van der Waals surface area contributed by atoms with Crippen LogP contribution in [0.5, 0.6) is 0 Å². The van der Waals surface area contributed by atoms with Gasteiger partial charge in [0.15, 0.2) is 0 Å². The van der Waals surface area contributed by atoms with Crippen molar-refractivity contribution in [3.8, 4) is 0 Å². The molecule has 9 heavy (non-hydrogen) atoms. The summed E-state index contributed by atoms with van der Waals surface area (Å²) in [5.41, 5.74) is 0. The van der Waals surface area contributed by atoms with Gasteiger partial charge in [0, 0.05) is 0 Å². The van der Waals surface area contributed by atoms with E-state index in [0.717, 1.165) is 16.0 Å². The third-order valence-electron chi connectivity index (χ3n) is 0.776. The number of unbranched alkanes of at least 4 members (excludes halogenated alkanes) is 1. The lowest BCUT2D eigenvalue weighted by Gasteiger charge is -1.89. The van der Waals surface area contributed by atoms with Gasteiger partial charge >= 0.3 is 9.46 Å². The monoisotopic (exact) mass is 190 g/mol. The topological polar surface area (TPSA) is 0 Å². The van der Waals surface area contributed by atoms with Crippen LogP contribution in [0.2, 0.25) is 6.04 Å². The van der Waals surface area contributed by atoms with E-state index in [0.29, 0.717) is 6.42 Å². The fourth-order valence-electron chi connectivity index (χ4n) is 0.358. The molecule has 0 atom stereocenters. The zero-order chi connectivity index (χ0) is 7.70. The lowest BCUT2D eigenvalue weighted by molar-refractivity contribution is 0.639. The van der Waals surface area contributed by atoms with Crippen molar-refractivity contribution in [2.75, 3.05) is 0 Å². The first-order chi connectivity index (χ1) is 4.27. The van der Waals surface area contributed by atoms with Crippen LogP contribution in [-0.4, -0.2) is 19.0 Å². The Labute approximate surface area is 64.7 Å². The predicted octanol–water partition coefficient (Wildman–Crippen LogP) is 1.45. The number of hydrogen-bond acceptors (Lipinski definition) is 0. The summed E-state index contributed by atoms with van der Waals surface area (Å²) in [7, 11) is -2.41. The smallest absolute Gasteiger partial charge is 0.275 e.